The third kappa shape index (κ3) is 4.18. The topological polar surface area (TPSA) is 143 Å². The normalized spacial score (nSPS) is 17.9. The molecule has 0 atom stereocenters. The molecule has 0 aliphatic carbocycles. The van der Waals surface area contributed by atoms with Crippen molar-refractivity contribution in [3.63, 3.8) is 0 Å². The lowest BCUT2D eigenvalue weighted by molar-refractivity contribution is 0.222. The van der Waals surface area contributed by atoms with E-state index >= 15 is 0 Å². The highest BCUT2D eigenvalue weighted by Gasteiger charge is 2.29. The van der Waals surface area contributed by atoms with Crippen LogP contribution < -0.4 is 17.2 Å². The number of guanidine groups is 2. The Morgan fingerprint density at radius 3 is 2.30 bits per heavy atom. The Hall–Kier alpha value is -2.17. The van der Waals surface area contributed by atoms with Crippen LogP contribution in [0.4, 0.5) is 5.69 Å². The van der Waals surface area contributed by atoms with Gasteiger partial charge in [0.25, 0.3) is 0 Å². The molecule has 0 radical (unpaired) electrons. The molecule has 0 amide bonds. The SMILES string of the molecule is CN1CCN(S(=O)(=O)c2ccccc2N=C(N)N=C(N)N)CC1. The summed E-state index contributed by atoms with van der Waals surface area (Å²) in [7, 11) is -1.70. The van der Waals surface area contributed by atoms with Crippen LogP contribution in [0, 0.1) is 0 Å². The summed E-state index contributed by atoms with van der Waals surface area (Å²) in [4.78, 5) is 9.77. The highest BCUT2D eigenvalue weighted by Crippen LogP contribution is 2.27. The summed E-state index contributed by atoms with van der Waals surface area (Å²) in [5.41, 5.74) is 16.3. The van der Waals surface area contributed by atoms with Crippen molar-refractivity contribution in [2.75, 3.05) is 33.2 Å². The van der Waals surface area contributed by atoms with Crippen LogP contribution >= 0.6 is 0 Å². The first-order chi connectivity index (χ1) is 10.8. The number of aliphatic imine (C=N–C) groups is 2. The largest absolute Gasteiger partial charge is 0.370 e. The van der Waals surface area contributed by atoms with E-state index in [2.05, 4.69) is 14.9 Å². The van der Waals surface area contributed by atoms with Gasteiger partial charge in [-0.3, -0.25) is 0 Å². The molecule has 2 rings (SSSR count). The van der Waals surface area contributed by atoms with Gasteiger partial charge in [-0.05, 0) is 19.2 Å². The minimum atomic E-state index is -3.66. The number of likely N-dealkylation sites (N-methyl/N-ethyl adjacent to an activating group) is 1. The predicted molar refractivity (Wildman–Crippen MR) is 89.8 cm³/mol. The van der Waals surface area contributed by atoms with Crippen LogP contribution in [-0.4, -0.2) is 62.8 Å². The van der Waals surface area contributed by atoms with Gasteiger partial charge in [0.15, 0.2) is 5.96 Å². The first kappa shape index (κ1) is 17.2. The summed E-state index contributed by atoms with van der Waals surface area (Å²) in [6, 6.07) is 6.36. The van der Waals surface area contributed by atoms with E-state index in [0.29, 0.717) is 26.2 Å². The smallest absolute Gasteiger partial charge is 0.245 e. The van der Waals surface area contributed by atoms with Crippen LogP contribution in [0.1, 0.15) is 0 Å². The van der Waals surface area contributed by atoms with Gasteiger partial charge in [-0.1, -0.05) is 12.1 Å². The monoisotopic (exact) mass is 339 g/mol. The lowest BCUT2D eigenvalue weighted by atomic mass is 10.3. The molecule has 1 aromatic carbocycles. The van der Waals surface area contributed by atoms with Gasteiger partial charge in [0.2, 0.25) is 16.0 Å². The molecule has 0 saturated carbocycles. The van der Waals surface area contributed by atoms with Crippen molar-refractivity contribution in [3.8, 4) is 0 Å². The number of hydrogen-bond donors (Lipinski definition) is 3. The van der Waals surface area contributed by atoms with Crippen molar-refractivity contribution in [1.82, 2.24) is 9.21 Å². The third-order valence-corrected chi connectivity index (χ3v) is 5.37. The van der Waals surface area contributed by atoms with Crippen LogP contribution in [-0.2, 0) is 10.0 Å². The standard InChI is InChI=1S/C13H21N7O2S/c1-19-6-8-20(9-7-19)23(21,22)11-5-3-2-4-10(11)17-13(16)18-12(14)15/h2-5H,6-9H2,1H3,(H6,14,15,16,17,18). The number of benzene rings is 1. The van der Waals surface area contributed by atoms with Crippen LogP contribution in [0.25, 0.3) is 0 Å². The molecule has 6 N–H and O–H groups in total. The summed E-state index contributed by atoms with van der Waals surface area (Å²) in [6.45, 7) is 2.22. The molecule has 0 bridgehead atoms. The second-order valence-electron chi connectivity index (χ2n) is 5.18. The minimum absolute atomic E-state index is 0.0818. The van der Waals surface area contributed by atoms with Gasteiger partial charge in [0.05, 0.1) is 5.69 Å². The molecule has 9 nitrogen and oxygen atoms in total. The van der Waals surface area contributed by atoms with Crippen molar-refractivity contribution >= 4 is 27.6 Å². The molecule has 1 aliphatic rings. The molecule has 23 heavy (non-hydrogen) atoms. The van der Waals surface area contributed by atoms with Gasteiger partial charge in [0, 0.05) is 26.2 Å². The fourth-order valence-corrected chi connectivity index (χ4v) is 3.77. The maximum Gasteiger partial charge on any atom is 0.245 e. The summed E-state index contributed by atoms with van der Waals surface area (Å²) < 4.78 is 27.1. The quantitative estimate of drug-likeness (QED) is 0.468. The Bertz CT molecular complexity index is 718. The number of sulfonamides is 1. The molecule has 1 aliphatic heterocycles. The maximum atomic E-state index is 12.8. The third-order valence-electron chi connectivity index (χ3n) is 3.42. The fourth-order valence-electron chi connectivity index (χ4n) is 2.22. The van der Waals surface area contributed by atoms with E-state index in [-0.39, 0.29) is 22.5 Å². The Morgan fingerprint density at radius 1 is 1.09 bits per heavy atom. The van der Waals surface area contributed by atoms with Gasteiger partial charge < -0.3 is 22.1 Å². The zero-order valence-electron chi connectivity index (χ0n) is 12.9. The minimum Gasteiger partial charge on any atom is -0.370 e. The second-order valence-corrected chi connectivity index (χ2v) is 7.09. The molecule has 1 aromatic rings. The lowest BCUT2D eigenvalue weighted by Crippen LogP contribution is -2.47. The van der Waals surface area contributed by atoms with Crippen molar-refractivity contribution in [1.29, 1.82) is 0 Å². The molecule has 10 heteroatoms. The molecule has 1 saturated heterocycles. The number of nitrogens with two attached hydrogens (primary N) is 3. The van der Waals surface area contributed by atoms with Crippen molar-refractivity contribution < 1.29 is 8.42 Å². The summed E-state index contributed by atoms with van der Waals surface area (Å²) in [5, 5.41) is 0. The highest BCUT2D eigenvalue weighted by atomic mass is 32.2. The van der Waals surface area contributed by atoms with Crippen LogP contribution in [0.15, 0.2) is 39.1 Å². The molecule has 126 valence electrons. The fraction of sp³-hybridized carbons (Fsp3) is 0.385. The number of piperazine rings is 1. The molecule has 0 spiro atoms. The number of rotatable bonds is 3. The average Bonchev–Trinajstić information content (AvgIpc) is 2.47. The maximum absolute atomic E-state index is 12.8. The van der Waals surface area contributed by atoms with E-state index in [4.69, 9.17) is 17.2 Å². The molecule has 1 heterocycles. The number of para-hydroxylation sites is 1. The van der Waals surface area contributed by atoms with E-state index in [0.717, 1.165) is 0 Å². The summed E-state index contributed by atoms with van der Waals surface area (Å²) in [6.07, 6.45) is 0. The van der Waals surface area contributed by atoms with Gasteiger partial charge in [-0.2, -0.15) is 9.30 Å². The van der Waals surface area contributed by atoms with Crippen molar-refractivity contribution in [2.45, 2.75) is 4.90 Å². The van der Waals surface area contributed by atoms with E-state index in [1.165, 1.54) is 10.4 Å². The van der Waals surface area contributed by atoms with Crippen molar-refractivity contribution in [3.05, 3.63) is 24.3 Å². The van der Waals surface area contributed by atoms with Gasteiger partial charge in [-0.15, -0.1) is 0 Å². The molecular formula is C13H21N7O2S. The molecule has 0 aromatic heterocycles. The molecular weight excluding hydrogens is 318 g/mol. The zero-order chi connectivity index (χ0) is 17.0. The Morgan fingerprint density at radius 2 is 1.70 bits per heavy atom. The van der Waals surface area contributed by atoms with E-state index in [1.807, 2.05) is 7.05 Å². The second kappa shape index (κ2) is 6.94. The van der Waals surface area contributed by atoms with Crippen LogP contribution in [0.2, 0.25) is 0 Å². The zero-order valence-corrected chi connectivity index (χ0v) is 13.7. The Balaban J connectivity index is 2.38. The number of nitrogens with zero attached hydrogens (tertiary/aromatic N) is 4. The average molecular weight is 339 g/mol. The lowest BCUT2D eigenvalue weighted by Gasteiger charge is -2.31. The molecule has 1 fully saturated rings. The first-order valence-electron chi connectivity index (χ1n) is 7.02. The summed E-state index contributed by atoms with van der Waals surface area (Å²) >= 11 is 0. The van der Waals surface area contributed by atoms with Crippen molar-refractivity contribution in [2.24, 2.45) is 27.2 Å². The molecule has 0 unspecified atom stereocenters. The Kier molecular flexibility index (Phi) is 5.19. The predicted octanol–water partition coefficient (Wildman–Crippen LogP) is -1.16. The van der Waals surface area contributed by atoms with Gasteiger partial charge in [0.1, 0.15) is 4.90 Å². The summed E-state index contributed by atoms with van der Waals surface area (Å²) in [5.74, 6) is -0.448. The van der Waals surface area contributed by atoms with Gasteiger partial charge >= 0.3 is 0 Å². The van der Waals surface area contributed by atoms with E-state index in [1.54, 1.807) is 18.2 Å². The van der Waals surface area contributed by atoms with Gasteiger partial charge in [-0.25, -0.2) is 13.4 Å². The van der Waals surface area contributed by atoms with E-state index < -0.39 is 10.0 Å². The highest BCUT2D eigenvalue weighted by molar-refractivity contribution is 7.89. The first-order valence-corrected chi connectivity index (χ1v) is 8.46. The van der Waals surface area contributed by atoms with E-state index in [9.17, 15) is 8.42 Å². The number of hydrogen-bond acceptors (Lipinski definition) is 4. The van der Waals surface area contributed by atoms with Crippen LogP contribution in [0.3, 0.4) is 0 Å². The Labute approximate surface area is 135 Å². The van der Waals surface area contributed by atoms with Crippen LogP contribution in [0.5, 0.6) is 0 Å².